The SMILES string of the molecule is CC(=O)N1CCN(C(=O)CCC(=O)NCc2ccc(C)cc2)CC1. The lowest BCUT2D eigenvalue weighted by atomic mass is 10.1. The maximum atomic E-state index is 12.1. The van der Waals surface area contributed by atoms with E-state index in [0.717, 1.165) is 5.56 Å². The van der Waals surface area contributed by atoms with E-state index in [2.05, 4.69) is 5.32 Å². The van der Waals surface area contributed by atoms with E-state index in [4.69, 9.17) is 0 Å². The van der Waals surface area contributed by atoms with Crippen LogP contribution in [0.3, 0.4) is 0 Å². The highest BCUT2D eigenvalue weighted by molar-refractivity contribution is 5.84. The van der Waals surface area contributed by atoms with Crippen molar-refractivity contribution in [1.82, 2.24) is 15.1 Å². The first-order chi connectivity index (χ1) is 11.5. The van der Waals surface area contributed by atoms with E-state index in [9.17, 15) is 14.4 Å². The summed E-state index contributed by atoms with van der Waals surface area (Å²) in [5.74, 6) is -0.104. The Hall–Kier alpha value is -2.37. The first-order valence-corrected chi connectivity index (χ1v) is 8.31. The van der Waals surface area contributed by atoms with E-state index in [-0.39, 0.29) is 30.6 Å². The number of carbonyl (C=O) groups excluding carboxylic acids is 3. The van der Waals surface area contributed by atoms with Gasteiger partial charge >= 0.3 is 0 Å². The fourth-order valence-corrected chi connectivity index (χ4v) is 2.64. The third-order valence-corrected chi connectivity index (χ3v) is 4.25. The summed E-state index contributed by atoms with van der Waals surface area (Å²) in [5.41, 5.74) is 2.22. The molecule has 2 rings (SSSR count). The number of hydrogen-bond donors (Lipinski definition) is 1. The van der Waals surface area contributed by atoms with E-state index >= 15 is 0 Å². The van der Waals surface area contributed by atoms with Crippen LogP contribution in [0, 0.1) is 6.92 Å². The Labute approximate surface area is 142 Å². The summed E-state index contributed by atoms with van der Waals surface area (Å²) in [6.07, 6.45) is 0.400. The van der Waals surface area contributed by atoms with Crippen molar-refractivity contribution in [3.8, 4) is 0 Å². The van der Waals surface area contributed by atoms with E-state index in [0.29, 0.717) is 32.7 Å². The topological polar surface area (TPSA) is 69.7 Å². The van der Waals surface area contributed by atoms with Crippen LogP contribution in [0.2, 0.25) is 0 Å². The number of nitrogens with one attached hydrogen (secondary N) is 1. The van der Waals surface area contributed by atoms with Gasteiger partial charge in [-0.25, -0.2) is 0 Å². The zero-order chi connectivity index (χ0) is 17.5. The highest BCUT2D eigenvalue weighted by atomic mass is 16.2. The smallest absolute Gasteiger partial charge is 0.223 e. The molecule has 0 radical (unpaired) electrons. The van der Waals surface area contributed by atoms with Crippen LogP contribution >= 0.6 is 0 Å². The van der Waals surface area contributed by atoms with Crippen LogP contribution in [0.1, 0.15) is 30.9 Å². The normalized spacial score (nSPS) is 14.4. The average molecular weight is 331 g/mol. The van der Waals surface area contributed by atoms with Crippen LogP contribution in [-0.4, -0.2) is 53.7 Å². The summed E-state index contributed by atoms with van der Waals surface area (Å²) >= 11 is 0. The summed E-state index contributed by atoms with van der Waals surface area (Å²) in [6, 6.07) is 7.97. The lowest BCUT2D eigenvalue weighted by molar-refractivity contribution is -0.139. The first kappa shape index (κ1) is 18.0. The van der Waals surface area contributed by atoms with Crippen molar-refractivity contribution in [2.24, 2.45) is 0 Å². The summed E-state index contributed by atoms with van der Waals surface area (Å²) < 4.78 is 0. The maximum Gasteiger partial charge on any atom is 0.223 e. The second kappa shape index (κ2) is 8.47. The maximum absolute atomic E-state index is 12.1. The molecule has 130 valence electrons. The molecule has 1 aromatic rings. The molecule has 1 heterocycles. The summed E-state index contributed by atoms with van der Waals surface area (Å²) in [7, 11) is 0. The van der Waals surface area contributed by atoms with Crippen molar-refractivity contribution in [3.63, 3.8) is 0 Å². The predicted octanol–water partition coefficient (Wildman–Crippen LogP) is 1.08. The number of carbonyl (C=O) groups is 3. The number of rotatable bonds is 5. The molecule has 0 bridgehead atoms. The van der Waals surface area contributed by atoms with E-state index in [1.54, 1.807) is 9.80 Å². The largest absolute Gasteiger partial charge is 0.352 e. The molecule has 0 atom stereocenters. The first-order valence-electron chi connectivity index (χ1n) is 8.31. The van der Waals surface area contributed by atoms with E-state index in [1.165, 1.54) is 12.5 Å². The van der Waals surface area contributed by atoms with Gasteiger partial charge in [-0.05, 0) is 12.5 Å². The monoisotopic (exact) mass is 331 g/mol. The van der Waals surface area contributed by atoms with Gasteiger partial charge < -0.3 is 15.1 Å². The molecule has 1 N–H and O–H groups in total. The van der Waals surface area contributed by atoms with Crippen molar-refractivity contribution >= 4 is 17.7 Å². The number of amides is 3. The zero-order valence-corrected chi connectivity index (χ0v) is 14.4. The second-order valence-corrected chi connectivity index (χ2v) is 6.15. The number of hydrogen-bond acceptors (Lipinski definition) is 3. The fourth-order valence-electron chi connectivity index (χ4n) is 2.64. The number of piperazine rings is 1. The standard InChI is InChI=1S/C18H25N3O3/c1-14-3-5-16(6-4-14)13-19-17(23)7-8-18(24)21-11-9-20(10-12-21)15(2)22/h3-6H,7-13H2,1-2H3,(H,19,23). The molecule has 1 saturated heterocycles. The van der Waals surface area contributed by atoms with Crippen molar-refractivity contribution < 1.29 is 14.4 Å². The van der Waals surface area contributed by atoms with Gasteiger partial charge in [-0.15, -0.1) is 0 Å². The van der Waals surface area contributed by atoms with Gasteiger partial charge in [0.2, 0.25) is 17.7 Å². The highest BCUT2D eigenvalue weighted by Crippen LogP contribution is 2.06. The zero-order valence-electron chi connectivity index (χ0n) is 14.4. The molecular formula is C18H25N3O3. The van der Waals surface area contributed by atoms with Crippen LogP contribution in [0.15, 0.2) is 24.3 Å². The molecule has 0 unspecified atom stereocenters. The Kier molecular flexibility index (Phi) is 6.35. The molecule has 0 saturated carbocycles. The predicted molar refractivity (Wildman–Crippen MR) is 91.1 cm³/mol. The van der Waals surface area contributed by atoms with Crippen molar-refractivity contribution in [2.45, 2.75) is 33.2 Å². The molecule has 0 spiro atoms. The van der Waals surface area contributed by atoms with Crippen molar-refractivity contribution in [2.75, 3.05) is 26.2 Å². The molecular weight excluding hydrogens is 306 g/mol. The fraction of sp³-hybridized carbons (Fsp3) is 0.500. The molecule has 3 amide bonds. The summed E-state index contributed by atoms with van der Waals surface area (Å²) in [6.45, 7) is 6.26. The number of aryl methyl sites for hydroxylation is 1. The quantitative estimate of drug-likeness (QED) is 0.878. The molecule has 6 nitrogen and oxygen atoms in total. The Morgan fingerprint density at radius 1 is 0.958 bits per heavy atom. The molecule has 24 heavy (non-hydrogen) atoms. The number of nitrogens with zero attached hydrogens (tertiary/aromatic N) is 2. The van der Waals surface area contributed by atoms with Gasteiger partial charge in [0.15, 0.2) is 0 Å². The molecule has 0 aromatic heterocycles. The van der Waals surface area contributed by atoms with Gasteiger partial charge in [-0.1, -0.05) is 29.8 Å². The van der Waals surface area contributed by atoms with Crippen LogP contribution in [0.25, 0.3) is 0 Å². The van der Waals surface area contributed by atoms with Gasteiger partial charge in [0.1, 0.15) is 0 Å². The third kappa shape index (κ3) is 5.37. The minimum Gasteiger partial charge on any atom is -0.352 e. The van der Waals surface area contributed by atoms with Crippen molar-refractivity contribution in [1.29, 1.82) is 0 Å². The van der Waals surface area contributed by atoms with Crippen LogP contribution in [0.4, 0.5) is 0 Å². The molecule has 0 aliphatic carbocycles. The average Bonchev–Trinajstić information content (AvgIpc) is 2.59. The molecule has 1 aromatic carbocycles. The van der Waals surface area contributed by atoms with Gasteiger partial charge in [0.25, 0.3) is 0 Å². The molecule has 1 aliphatic heterocycles. The Morgan fingerprint density at radius 2 is 1.54 bits per heavy atom. The molecule has 1 fully saturated rings. The summed E-state index contributed by atoms with van der Waals surface area (Å²) in [5, 5.41) is 2.84. The molecule has 6 heteroatoms. The molecule has 1 aliphatic rings. The highest BCUT2D eigenvalue weighted by Gasteiger charge is 2.22. The Morgan fingerprint density at radius 3 is 2.12 bits per heavy atom. The Bertz CT molecular complexity index is 590. The lowest BCUT2D eigenvalue weighted by Gasteiger charge is -2.34. The van der Waals surface area contributed by atoms with Crippen LogP contribution in [0.5, 0.6) is 0 Å². The van der Waals surface area contributed by atoms with Gasteiger partial charge in [-0.2, -0.15) is 0 Å². The van der Waals surface area contributed by atoms with Crippen LogP contribution < -0.4 is 5.32 Å². The van der Waals surface area contributed by atoms with Gasteiger partial charge in [-0.3, -0.25) is 14.4 Å². The van der Waals surface area contributed by atoms with E-state index < -0.39 is 0 Å². The Balaban J connectivity index is 1.67. The minimum absolute atomic E-state index is 0.0244. The van der Waals surface area contributed by atoms with Crippen molar-refractivity contribution in [3.05, 3.63) is 35.4 Å². The third-order valence-electron chi connectivity index (χ3n) is 4.25. The lowest BCUT2D eigenvalue weighted by Crippen LogP contribution is -2.50. The minimum atomic E-state index is -0.119. The van der Waals surface area contributed by atoms with E-state index in [1.807, 2.05) is 31.2 Å². The van der Waals surface area contributed by atoms with Gasteiger partial charge in [0, 0.05) is 52.5 Å². The number of benzene rings is 1. The van der Waals surface area contributed by atoms with Gasteiger partial charge in [0.05, 0.1) is 0 Å². The second-order valence-electron chi connectivity index (χ2n) is 6.15. The summed E-state index contributed by atoms with van der Waals surface area (Å²) in [4.78, 5) is 38.7. The van der Waals surface area contributed by atoms with Crippen LogP contribution in [-0.2, 0) is 20.9 Å².